The number of carbonyl (C=O) groups is 1. The van der Waals surface area contributed by atoms with Crippen LogP contribution in [-0.2, 0) is 16.1 Å². The monoisotopic (exact) mass is 295 g/mol. The fourth-order valence-corrected chi connectivity index (χ4v) is 3.16. The van der Waals surface area contributed by atoms with E-state index in [0.717, 1.165) is 26.0 Å². The maximum absolute atomic E-state index is 12.5. The lowest BCUT2D eigenvalue weighted by Gasteiger charge is -2.28. The topological polar surface area (TPSA) is 29.5 Å². The van der Waals surface area contributed by atoms with Crippen LogP contribution in [0.25, 0.3) is 0 Å². The minimum atomic E-state index is 0.0291. The van der Waals surface area contributed by atoms with Gasteiger partial charge in [-0.1, -0.05) is 26.8 Å². The van der Waals surface area contributed by atoms with Crippen molar-refractivity contribution in [3.8, 4) is 0 Å². The number of amides is 1. The maximum atomic E-state index is 12.5. The number of rotatable bonds is 5. The number of hydrogen-bond donors (Lipinski definition) is 0. The lowest BCUT2D eigenvalue weighted by molar-refractivity contribution is -0.135. The van der Waals surface area contributed by atoms with E-state index in [4.69, 9.17) is 4.74 Å². The van der Waals surface area contributed by atoms with Crippen LogP contribution in [0, 0.1) is 5.41 Å². The third-order valence-corrected chi connectivity index (χ3v) is 4.27. The summed E-state index contributed by atoms with van der Waals surface area (Å²) in [5, 5.41) is 2.06. The minimum absolute atomic E-state index is 0.0291. The van der Waals surface area contributed by atoms with E-state index in [1.54, 1.807) is 11.3 Å². The molecule has 1 aliphatic rings. The Kier molecular flexibility index (Phi) is 5.22. The van der Waals surface area contributed by atoms with Gasteiger partial charge in [-0.15, -0.1) is 11.3 Å². The molecule has 0 saturated carbocycles. The number of nitrogens with zero attached hydrogens (tertiary/aromatic N) is 1. The Morgan fingerprint density at radius 3 is 2.85 bits per heavy atom. The lowest BCUT2D eigenvalue weighted by atomic mass is 9.91. The van der Waals surface area contributed by atoms with Crippen LogP contribution in [0.15, 0.2) is 17.5 Å². The van der Waals surface area contributed by atoms with Crippen LogP contribution >= 0.6 is 11.3 Å². The summed E-state index contributed by atoms with van der Waals surface area (Å²) < 4.78 is 5.69. The van der Waals surface area contributed by atoms with Crippen molar-refractivity contribution < 1.29 is 9.53 Å². The molecule has 1 atom stereocenters. The zero-order valence-electron chi connectivity index (χ0n) is 12.7. The van der Waals surface area contributed by atoms with Gasteiger partial charge < -0.3 is 9.64 Å². The zero-order valence-corrected chi connectivity index (χ0v) is 13.5. The van der Waals surface area contributed by atoms with Gasteiger partial charge in [-0.05, 0) is 29.7 Å². The summed E-state index contributed by atoms with van der Waals surface area (Å²) in [6.07, 6.45) is 3.00. The number of ether oxygens (including phenoxy) is 1. The predicted molar refractivity (Wildman–Crippen MR) is 82.8 cm³/mol. The molecular formula is C16H25NO2S. The van der Waals surface area contributed by atoms with Crippen molar-refractivity contribution in [3.63, 3.8) is 0 Å². The average molecular weight is 295 g/mol. The Balaban J connectivity index is 2.00. The Labute approximate surface area is 125 Å². The molecule has 1 aliphatic heterocycles. The van der Waals surface area contributed by atoms with Gasteiger partial charge in [0, 0.05) is 24.4 Å². The second-order valence-electron chi connectivity index (χ2n) is 6.73. The number of carbonyl (C=O) groups excluding carboxylic acids is 1. The first-order valence-corrected chi connectivity index (χ1v) is 8.24. The first kappa shape index (κ1) is 15.5. The van der Waals surface area contributed by atoms with E-state index in [-0.39, 0.29) is 17.4 Å². The van der Waals surface area contributed by atoms with Crippen LogP contribution in [0.1, 0.15) is 44.9 Å². The van der Waals surface area contributed by atoms with Crippen LogP contribution in [0.4, 0.5) is 0 Å². The smallest absolute Gasteiger partial charge is 0.223 e. The molecule has 2 heterocycles. The van der Waals surface area contributed by atoms with Crippen molar-refractivity contribution in [2.45, 2.75) is 52.7 Å². The average Bonchev–Trinajstić information content (AvgIpc) is 2.98. The SMILES string of the molecule is CC(C)(C)CC(=O)N(Cc1cccs1)CC1CCCO1. The fourth-order valence-electron chi connectivity index (χ4n) is 2.44. The van der Waals surface area contributed by atoms with E-state index in [1.165, 1.54) is 4.88 Å². The molecule has 0 bridgehead atoms. The largest absolute Gasteiger partial charge is 0.376 e. The second-order valence-corrected chi connectivity index (χ2v) is 7.76. The summed E-state index contributed by atoms with van der Waals surface area (Å²) in [7, 11) is 0. The standard InChI is InChI=1S/C16H25NO2S/c1-16(2,3)10-15(18)17(11-13-6-4-8-19-13)12-14-7-5-9-20-14/h5,7,9,13H,4,6,8,10-12H2,1-3H3. The van der Waals surface area contributed by atoms with Crippen molar-refractivity contribution >= 4 is 17.2 Å². The zero-order chi connectivity index (χ0) is 14.6. The summed E-state index contributed by atoms with van der Waals surface area (Å²) in [5.41, 5.74) is 0.0291. The molecule has 20 heavy (non-hydrogen) atoms. The summed E-state index contributed by atoms with van der Waals surface area (Å²) >= 11 is 1.71. The van der Waals surface area contributed by atoms with Gasteiger partial charge in [-0.3, -0.25) is 4.79 Å². The second kappa shape index (κ2) is 6.72. The normalized spacial score (nSPS) is 19.2. The summed E-state index contributed by atoms with van der Waals surface area (Å²) in [5.74, 6) is 0.237. The van der Waals surface area contributed by atoms with Gasteiger partial charge in [-0.2, -0.15) is 0 Å². The molecule has 1 aromatic rings. The van der Waals surface area contributed by atoms with Crippen LogP contribution in [-0.4, -0.2) is 30.1 Å². The van der Waals surface area contributed by atoms with Crippen LogP contribution in [0.2, 0.25) is 0 Å². The van der Waals surface area contributed by atoms with E-state index in [2.05, 4.69) is 32.2 Å². The number of thiophene rings is 1. The van der Waals surface area contributed by atoms with Crippen LogP contribution in [0.5, 0.6) is 0 Å². The highest BCUT2D eigenvalue weighted by Crippen LogP contribution is 2.23. The van der Waals surface area contributed by atoms with Crippen molar-refractivity contribution in [2.75, 3.05) is 13.2 Å². The van der Waals surface area contributed by atoms with Gasteiger partial charge >= 0.3 is 0 Å². The molecule has 1 aromatic heterocycles. The Hall–Kier alpha value is -0.870. The molecule has 2 rings (SSSR count). The van der Waals surface area contributed by atoms with Crippen LogP contribution < -0.4 is 0 Å². The Morgan fingerprint density at radius 1 is 1.50 bits per heavy atom. The molecule has 0 aromatic carbocycles. The molecule has 112 valence electrons. The van der Waals surface area contributed by atoms with Crippen molar-refractivity contribution in [1.82, 2.24) is 4.90 Å². The quantitative estimate of drug-likeness (QED) is 0.829. The highest BCUT2D eigenvalue weighted by molar-refractivity contribution is 7.09. The van der Waals surface area contributed by atoms with Gasteiger partial charge in [0.25, 0.3) is 0 Å². The van der Waals surface area contributed by atoms with E-state index in [0.29, 0.717) is 13.0 Å². The van der Waals surface area contributed by atoms with E-state index in [1.807, 2.05) is 11.0 Å². The highest BCUT2D eigenvalue weighted by atomic mass is 32.1. The summed E-state index contributed by atoms with van der Waals surface area (Å²) in [4.78, 5) is 15.8. The lowest BCUT2D eigenvalue weighted by Crippen LogP contribution is -2.38. The Bertz CT molecular complexity index is 416. The van der Waals surface area contributed by atoms with Gasteiger partial charge in [0.15, 0.2) is 0 Å². The highest BCUT2D eigenvalue weighted by Gasteiger charge is 2.25. The fraction of sp³-hybridized carbons (Fsp3) is 0.688. The van der Waals surface area contributed by atoms with Gasteiger partial charge in [0.05, 0.1) is 12.6 Å². The van der Waals surface area contributed by atoms with Gasteiger partial charge in [-0.25, -0.2) is 0 Å². The van der Waals surface area contributed by atoms with Gasteiger partial charge in [0.2, 0.25) is 5.91 Å². The first-order chi connectivity index (χ1) is 9.44. The first-order valence-electron chi connectivity index (χ1n) is 7.36. The van der Waals surface area contributed by atoms with E-state index < -0.39 is 0 Å². The number of hydrogen-bond acceptors (Lipinski definition) is 3. The third-order valence-electron chi connectivity index (χ3n) is 3.41. The predicted octanol–water partition coefficient (Wildman–Crippen LogP) is 3.69. The van der Waals surface area contributed by atoms with Crippen molar-refractivity contribution in [2.24, 2.45) is 5.41 Å². The third kappa shape index (κ3) is 4.91. The molecule has 0 N–H and O–H groups in total. The van der Waals surface area contributed by atoms with E-state index in [9.17, 15) is 4.79 Å². The van der Waals surface area contributed by atoms with Crippen molar-refractivity contribution in [3.05, 3.63) is 22.4 Å². The molecule has 0 aliphatic carbocycles. The molecule has 1 saturated heterocycles. The summed E-state index contributed by atoms with van der Waals surface area (Å²) in [6, 6.07) is 4.13. The molecule has 0 radical (unpaired) electrons. The molecule has 4 heteroatoms. The Morgan fingerprint density at radius 2 is 2.30 bits per heavy atom. The molecule has 1 unspecified atom stereocenters. The molecule has 1 amide bonds. The maximum Gasteiger partial charge on any atom is 0.223 e. The minimum Gasteiger partial charge on any atom is -0.376 e. The van der Waals surface area contributed by atoms with Gasteiger partial charge in [0.1, 0.15) is 0 Å². The van der Waals surface area contributed by atoms with Crippen LogP contribution in [0.3, 0.4) is 0 Å². The molecule has 1 fully saturated rings. The van der Waals surface area contributed by atoms with Crippen molar-refractivity contribution in [1.29, 1.82) is 0 Å². The summed E-state index contributed by atoms with van der Waals surface area (Å²) in [6.45, 7) is 8.62. The van der Waals surface area contributed by atoms with E-state index >= 15 is 0 Å². The molecule has 0 spiro atoms. The molecule has 3 nitrogen and oxygen atoms in total. The molecular weight excluding hydrogens is 270 g/mol.